The van der Waals surface area contributed by atoms with Crippen LogP contribution in [0.15, 0.2) is 23.6 Å². The van der Waals surface area contributed by atoms with E-state index in [9.17, 15) is 19.1 Å². The number of aliphatic hydroxyl groups is 1. The van der Waals surface area contributed by atoms with E-state index in [1.165, 1.54) is 22.0 Å². The molecule has 152 valence electrons. The van der Waals surface area contributed by atoms with Crippen LogP contribution in [-0.4, -0.2) is 73.6 Å². The summed E-state index contributed by atoms with van der Waals surface area (Å²) in [5.41, 5.74) is -0.745. The van der Waals surface area contributed by atoms with Gasteiger partial charge in [0.2, 0.25) is 0 Å². The predicted molar refractivity (Wildman–Crippen MR) is 110 cm³/mol. The van der Waals surface area contributed by atoms with Crippen LogP contribution >= 0.6 is 34.2 Å². The summed E-state index contributed by atoms with van der Waals surface area (Å²) >= 11 is 8.40. The van der Waals surface area contributed by atoms with E-state index in [0.29, 0.717) is 0 Å². The molecule has 9 heteroatoms. The first-order valence-corrected chi connectivity index (χ1v) is 10.3. The molecule has 2 unspecified atom stereocenters. The van der Waals surface area contributed by atoms with E-state index in [4.69, 9.17) is 16.3 Å². The van der Waals surface area contributed by atoms with Gasteiger partial charge >= 0.3 is 6.09 Å². The van der Waals surface area contributed by atoms with Gasteiger partial charge in [0.15, 0.2) is 0 Å². The van der Waals surface area contributed by atoms with Crippen molar-refractivity contribution in [3.05, 3.63) is 23.6 Å². The fourth-order valence-electron chi connectivity index (χ4n) is 2.90. The molecule has 1 fully saturated rings. The van der Waals surface area contributed by atoms with Gasteiger partial charge in [-0.25, -0.2) is 9.18 Å². The summed E-state index contributed by atoms with van der Waals surface area (Å²) in [4.78, 5) is 27.1. The Morgan fingerprint density at radius 2 is 2.07 bits per heavy atom. The normalized spacial score (nSPS) is 29.2. The number of ether oxygens (including phenoxy) is 1. The third kappa shape index (κ3) is 5.35. The number of nitrogens with zero attached hydrogens (tertiary/aromatic N) is 2. The summed E-state index contributed by atoms with van der Waals surface area (Å²) < 4.78 is 19.5. The molecular formula is C18H25ClFIN2O4. The molecule has 1 aliphatic carbocycles. The van der Waals surface area contributed by atoms with Crippen molar-refractivity contribution in [1.82, 2.24) is 9.80 Å². The van der Waals surface area contributed by atoms with Gasteiger partial charge < -0.3 is 19.6 Å². The zero-order valence-electron chi connectivity index (χ0n) is 15.8. The Hall–Kier alpha value is -0.870. The Kier molecular flexibility index (Phi) is 6.85. The van der Waals surface area contributed by atoms with Crippen LogP contribution in [-0.2, 0) is 9.53 Å². The number of hydrogen-bond acceptors (Lipinski definition) is 4. The smallest absolute Gasteiger partial charge is 0.410 e. The minimum Gasteiger partial charge on any atom is -0.444 e. The van der Waals surface area contributed by atoms with Crippen LogP contribution in [0.25, 0.3) is 0 Å². The van der Waals surface area contributed by atoms with E-state index in [2.05, 4.69) is 0 Å². The largest absolute Gasteiger partial charge is 0.444 e. The van der Waals surface area contributed by atoms with Crippen LogP contribution in [0.1, 0.15) is 27.7 Å². The minimum atomic E-state index is -0.881. The predicted octanol–water partition coefficient (Wildman–Crippen LogP) is 3.02. The van der Waals surface area contributed by atoms with Gasteiger partial charge in [0.25, 0.3) is 5.91 Å². The van der Waals surface area contributed by atoms with Gasteiger partial charge in [0.1, 0.15) is 11.4 Å². The number of allylic oxidation sites excluding steroid dienone is 2. The maximum atomic E-state index is 14.4. The maximum absolute atomic E-state index is 14.4. The van der Waals surface area contributed by atoms with Crippen LogP contribution in [0.2, 0.25) is 0 Å². The average Bonchev–Trinajstić information content (AvgIpc) is 2.55. The molecule has 1 heterocycles. The Balaban J connectivity index is 2.15. The first kappa shape index (κ1) is 22.4. The molecule has 3 atom stereocenters. The molecule has 2 amide bonds. The topological polar surface area (TPSA) is 70.1 Å². The van der Waals surface area contributed by atoms with Gasteiger partial charge in [-0.05, 0) is 39.8 Å². The summed E-state index contributed by atoms with van der Waals surface area (Å²) in [5.74, 6) is -1.16. The first-order chi connectivity index (χ1) is 12.4. The summed E-state index contributed by atoms with van der Waals surface area (Å²) in [6.45, 7) is 7.18. The number of piperazine rings is 1. The van der Waals surface area contributed by atoms with Gasteiger partial charge in [-0.3, -0.25) is 4.79 Å². The second kappa shape index (κ2) is 8.24. The zero-order valence-corrected chi connectivity index (χ0v) is 18.8. The lowest BCUT2D eigenvalue weighted by atomic mass is 9.94. The van der Waals surface area contributed by atoms with Crippen molar-refractivity contribution >= 4 is 46.2 Å². The molecule has 1 N–H and O–H groups in total. The third-order valence-corrected chi connectivity index (χ3v) is 6.72. The van der Waals surface area contributed by atoms with E-state index in [1.807, 2.05) is 22.6 Å². The van der Waals surface area contributed by atoms with Crippen LogP contribution in [0.5, 0.6) is 0 Å². The summed E-state index contributed by atoms with van der Waals surface area (Å²) in [7, 11) is 0. The van der Waals surface area contributed by atoms with E-state index in [1.54, 1.807) is 27.7 Å². The van der Waals surface area contributed by atoms with Gasteiger partial charge in [0.05, 0.1) is 27.0 Å². The van der Waals surface area contributed by atoms with Crippen molar-refractivity contribution < 1.29 is 23.8 Å². The highest BCUT2D eigenvalue weighted by Gasteiger charge is 2.39. The lowest BCUT2D eigenvalue weighted by Gasteiger charge is -2.41. The first-order valence-electron chi connectivity index (χ1n) is 8.69. The highest BCUT2D eigenvalue weighted by atomic mass is 127. The van der Waals surface area contributed by atoms with E-state index < -0.39 is 34.3 Å². The Bertz CT molecular complexity index is 675. The second-order valence-electron chi connectivity index (χ2n) is 7.89. The number of amides is 2. The standard InChI is InChI=1S/C18H25ClFIN2O4/c1-17(2,3)27-16(26)22-5-6-23(11(9-22)10-24)15(25)12-8-18(4,19)14(21)7-13(12)20/h7-8,11,14,24H,5-6,9-10H2,1-4H3/t11-,14?,18?/m1/s1. The second-order valence-corrected chi connectivity index (χ2v) is 10.0. The van der Waals surface area contributed by atoms with Crippen LogP contribution in [0.4, 0.5) is 9.18 Å². The lowest BCUT2D eigenvalue weighted by molar-refractivity contribution is -0.133. The van der Waals surface area contributed by atoms with E-state index in [-0.39, 0.29) is 35.7 Å². The number of halogens is 3. The monoisotopic (exact) mass is 514 g/mol. The fraction of sp³-hybridized carbons (Fsp3) is 0.667. The SMILES string of the molecule is CC(C)(C)OC(=O)N1CCN(C(=O)C2=CC(C)(Cl)C(I)C=C2F)[C@@H](CO)C1. The summed E-state index contributed by atoms with van der Waals surface area (Å²) in [6.07, 6.45) is 2.25. The van der Waals surface area contributed by atoms with Crippen molar-refractivity contribution in [1.29, 1.82) is 0 Å². The molecule has 27 heavy (non-hydrogen) atoms. The molecule has 2 aliphatic rings. The van der Waals surface area contributed by atoms with Crippen LogP contribution in [0, 0.1) is 0 Å². The molecule has 0 bridgehead atoms. The highest BCUT2D eigenvalue weighted by molar-refractivity contribution is 14.1. The zero-order chi connectivity index (χ0) is 20.6. The lowest BCUT2D eigenvalue weighted by Crippen LogP contribution is -2.58. The molecule has 0 aromatic carbocycles. The van der Waals surface area contributed by atoms with Crippen molar-refractivity contribution in [3.63, 3.8) is 0 Å². The number of carbonyl (C=O) groups is 2. The number of hydrogen-bond donors (Lipinski definition) is 1. The van der Waals surface area contributed by atoms with Gasteiger partial charge in [-0.15, -0.1) is 11.6 Å². The Labute approximate surface area is 177 Å². The molecule has 0 saturated carbocycles. The van der Waals surface area contributed by atoms with Crippen LogP contribution in [0.3, 0.4) is 0 Å². The fourth-order valence-corrected chi connectivity index (χ4v) is 3.57. The minimum absolute atomic E-state index is 0.107. The van der Waals surface area contributed by atoms with Crippen molar-refractivity contribution in [2.24, 2.45) is 0 Å². The maximum Gasteiger partial charge on any atom is 0.410 e. The molecular weight excluding hydrogens is 490 g/mol. The molecule has 0 radical (unpaired) electrons. The molecule has 2 rings (SSSR count). The number of aliphatic hydroxyl groups excluding tert-OH is 1. The molecule has 0 spiro atoms. The van der Waals surface area contributed by atoms with Gasteiger partial charge in [0, 0.05) is 19.6 Å². The van der Waals surface area contributed by atoms with Crippen molar-refractivity contribution in [3.8, 4) is 0 Å². The third-order valence-electron chi connectivity index (χ3n) is 4.35. The number of carbonyl (C=O) groups excluding carboxylic acids is 2. The van der Waals surface area contributed by atoms with Crippen molar-refractivity contribution in [2.75, 3.05) is 26.2 Å². The highest BCUT2D eigenvalue weighted by Crippen LogP contribution is 2.37. The van der Waals surface area contributed by atoms with E-state index in [0.717, 1.165) is 0 Å². The summed E-state index contributed by atoms with van der Waals surface area (Å²) in [5, 5.41) is 9.72. The average molecular weight is 515 g/mol. The Morgan fingerprint density at radius 1 is 1.44 bits per heavy atom. The molecule has 0 aromatic heterocycles. The Morgan fingerprint density at radius 3 is 2.63 bits per heavy atom. The van der Waals surface area contributed by atoms with Crippen LogP contribution < -0.4 is 0 Å². The quantitative estimate of drug-likeness (QED) is 0.454. The molecule has 1 aliphatic heterocycles. The van der Waals surface area contributed by atoms with Gasteiger partial charge in [-0.1, -0.05) is 22.6 Å². The van der Waals surface area contributed by atoms with Crippen molar-refractivity contribution in [2.45, 2.75) is 48.1 Å². The molecule has 1 saturated heterocycles. The molecule has 0 aromatic rings. The number of rotatable bonds is 2. The summed E-state index contributed by atoms with van der Waals surface area (Å²) in [6, 6.07) is -0.647. The van der Waals surface area contributed by atoms with Gasteiger partial charge in [-0.2, -0.15) is 0 Å². The molecule has 6 nitrogen and oxygen atoms in total. The number of alkyl halides is 2. The van der Waals surface area contributed by atoms with E-state index >= 15 is 0 Å².